The fourth-order valence-corrected chi connectivity index (χ4v) is 1.74. The predicted octanol–water partition coefficient (Wildman–Crippen LogP) is 3.43. The fraction of sp³-hybridized carbons (Fsp3) is 0.462. The van der Waals surface area contributed by atoms with Crippen LogP contribution in [0.5, 0.6) is 5.75 Å². The summed E-state index contributed by atoms with van der Waals surface area (Å²) in [5.41, 5.74) is 0.479. The number of hydrogen-bond donors (Lipinski definition) is 0. The normalized spacial score (nSPS) is 15.0. The van der Waals surface area contributed by atoms with Gasteiger partial charge in [-0.05, 0) is 48.7 Å². The number of carbonyl (C=O) groups is 1. The van der Waals surface area contributed by atoms with Crippen LogP contribution in [0.15, 0.2) is 24.3 Å². The molecule has 0 atom stereocenters. The van der Waals surface area contributed by atoms with Crippen molar-refractivity contribution in [3.8, 4) is 5.75 Å². The van der Waals surface area contributed by atoms with Crippen molar-refractivity contribution in [3.63, 3.8) is 0 Å². The molecular weight excluding hydrogens is 240 g/mol. The van der Waals surface area contributed by atoms with Crippen LogP contribution in [0.25, 0.3) is 0 Å². The van der Waals surface area contributed by atoms with Crippen molar-refractivity contribution in [1.82, 2.24) is 0 Å². The van der Waals surface area contributed by atoms with Crippen molar-refractivity contribution >= 4 is 16.8 Å². The van der Waals surface area contributed by atoms with E-state index in [1.807, 2.05) is 0 Å². The molecule has 0 heterocycles. The molecule has 0 unspecified atom stereocenters. The van der Waals surface area contributed by atoms with Gasteiger partial charge in [-0.15, -0.1) is 0 Å². The topological polar surface area (TPSA) is 46.2 Å². The van der Waals surface area contributed by atoms with Crippen LogP contribution in [0, 0.1) is 0 Å². The molecule has 0 bridgehead atoms. The Morgan fingerprint density at radius 1 is 1.24 bits per heavy atom. The van der Waals surface area contributed by atoms with Crippen LogP contribution in [0.4, 0.5) is 0 Å². The number of halogens is 1. The van der Waals surface area contributed by atoms with Gasteiger partial charge < -0.3 is 4.74 Å². The second kappa shape index (κ2) is 7.30. The van der Waals surface area contributed by atoms with Crippen molar-refractivity contribution in [2.75, 3.05) is 7.11 Å². The van der Waals surface area contributed by atoms with Crippen LogP contribution < -0.4 is 4.74 Å². The number of rotatable bonds is 2. The molecule has 1 aliphatic rings. The molecule has 0 amide bonds. The number of methoxy groups -OCH3 is 1. The van der Waals surface area contributed by atoms with Crippen LogP contribution in [0.3, 0.4) is 0 Å². The summed E-state index contributed by atoms with van der Waals surface area (Å²) >= 11 is 5.22. The molecule has 0 saturated heterocycles. The van der Waals surface area contributed by atoms with E-state index in [4.69, 9.17) is 16.3 Å². The van der Waals surface area contributed by atoms with Gasteiger partial charge in [-0.2, -0.15) is 0 Å². The molecule has 1 aromatic carbocycles. The standard InChI is InChI=1S/C8H7ClO2.C5H9O/c1-11-7-4-2-6(3-5-7)8(9)10;6-5-3-1-2-4-5/h2-5H,1H3;5H,1-4H2. The molecule has 17 heavy (non-hydrogen) atoms. The molecule has 0 spiro atoms. The number of benzene rings is 1. The van der Waals surface area contributed by atoms with E-state index in [2.05, 4.69) is 0 Å². The van der Waals surface area contributed by atoms with Gasteiger partial charge in [0.25, 0.3) is 5.24 Å². The second-order valence-corrected chi connectivity index (χ2v) is 4.25. The molecule has 0 N–H and O–H groups in total. The van der Waals surface area contributed by atoms with E-state index in [1.165, 1.54) is 12.8 Å². The van der Waals surface area contributed by atoms with Crippen molar-refractivity contribution in [1.29, 1.82) is 0 Å². The van der Waals surface area contributed by atoms with Gasteiger partial charge in [0, 0.05) is 5.56 Å². The zero-order valence-electron chi connectivity index (χ0n) is 9.82. The first-order valence-corrected chi connectivity index (χ1v) is 6.01. The maximum atomic E-state index is 10.6. The molecule has 1 aromatic rings. The first-order chi connectivity index (χ1) is 8.13. The zero-order chi connectivity index (χ0) is 12.7. The van der Waals surface area contributed by atoms with Gasteiger partial charge in [0.05, 0.1) is 13.2 Å². The monoisotopic (exact) mass is 255 g/mol. The average molecular weight is 256 g/mol. The Labute approximate surface area is 106 Å². The maximum Gasteiger partial charge on any atom is 0.252 e. The van der Waals surface area contributed by atoms with Gasteiger partial charge in [-0.1, -0.05) is 12.8 Å². The summed E-state index contributed by atoms with van der Waals surface area (Å²) in [5, 5.41) is 9.88. The Bertz CT molecular complexity index is 342. The Hall–Kier alpha value is -1.06. The lowest BCUT2D eigenvalue weighted by atomic mass is 10.2. The lowest BCUT2D eigenvalue weighted by Gasteiger charge is -1.98. The molecular formula is C13H16ClO3. The van der Waals surface area contributed by atoms with Gasteiger partial charge in [-0.25, -0.2) is 5.11 Å². The summed E-state index contributed by atoms with van der Waals surface area (Å²) < 4.78 is 4.89. The third kappa shape index (κ3) is 5.20. The number of carbonyl (C=O) groups excluding carboxylic acids is 1. The van der Waals surface area contributed by atoms with Gasteiger partial charge in [0.1, 0.15) is 5.75 Å². The first kappa shape index (κ1) is 14.0. The van der Waals surface area contributed by atoms with E-state index in [0.29, 0.717) is 11.3 Å². The molecule has 4 heteroatoms. The molecule has 2 rings (SSSR count). The Morgan fingerprint density at radius 3 is 2.06 bits per heavy atom. The van der Waals surface area contributed by atoms with E-state index in [1.54, 1.807) is 31.4 Å². The lowest BCUT2D eigenvalue weighted by Crippen LogP contribution is -1.91. The molecule has 0 aromatic heterocycles. The molecule has 1 radical (unpaired) electrons. The highest BCUT2D eigenvalue weighted by Crippen LogP contribution is 2.17. The zero-order valence-corrected chi connectivity index (χ0v) is 10.6. The van der Waals surface area contributed by atoms with Gasteiger partial charge in [-0.3, -0.25) is 4.79 Å². The summed E-state index contributed by atoms with van der Waals surface area (Å²) in [4.78, 5) is 10.6. The Morgan fingerprint density at radius 2 is 1.76 bits per heavy atom. The van der Waals surface area contributed by atoms with Crippen LogP contribution in [0.1, 0.15) is 36.0 Å². The summed E-state index contributed by atoms with van der Waals surface area (Å²) in [6.07, 6.45) is 4.01. The van der Waals surface area contributed by atoms with E-state index in [-0.39, 0.29) is 6.10 Å². The minimum atomic E-state index is -0.451. The minimum absolute atomic E-state index is 0.204. The number of hydrogen-bond acceptors (Lipinski definition) is 2. The van der Waals surface area contributed by atoms with E-state index < -0.39 is 5.24 Å². The lowest BCUT2D eigenvalue weighted by molar-refractivity contribution is 0.0956. The van der Waals surface area contributed by atoms with Gasteiger partial charge in [0.15, 0.2) is 0 Å². The molecule has 1 saturated carbocycles. The fourth-order valence-electron chi connectivity index (χ4n) is 1.61. The maximum absolute atomic E-state index is 10.6. The summed E-state index contributed by atoms with van der Waals surface area (Å²) in [6.45, 7) is 0. The van der Waals surface area contributed by atoms with E-state index in [9.17, 15) is 9.90 Å². The molecule has 1 fully saturated rings. The van der Waals surface area contributed by atoms with Crippen LogP contribution >= 0.6 is 11.6 Å². The SMILES string of the molecule is COc1ccc(C(=O)Cl)cc1.[O]C1CCCC1. The quantitative estimate of drug-likeness (QED) is 0.760. The third-order valence-electron chi connectivity index (χ3n) is 2.62. The Balaban J connectivity index is 0.000000202. The van der Waals surface area contributed by atoms with E-state index >= 15 is 0 Å². The highest BCUT2D eigenvalue weighted by atomic mass is 35.5. The first-order valence-electron chi connectivity index (χ1n) is 5.63. The minimum Gasteiger partial charge on any atom is -0.497 e. The smallest absolute Gasteiger partial charge is 0.252 e. The number of ether oxygens (including phenoxy) is 1. The average Bonchev–Trinajstić information content (AvgIpc) is 2.81. The summed E-state index contributed by atoms with van der Waals surface area (Å²) in [7, 11) is 1.57. The Kier molecular flexibility index (Phi) is 6.01. The van der Waals surface area contributed by atoms with E-state index in [0.717, 1.165) is 12.8 Å². The molecule has 0 aliphatic heterocycles. The molecule has 3 nitrogen and oxygen atoms in total. The van der Waals surface area contributed by atoms with Gasteiger partial charge >= 0.3 is 0 Å². The van der Waals surface area contributed by atoms with Crippen molar-refractivity contribution in [2.24, 2.45) is 0 Å². The van der Waals surface area contributed by atoms with Crippen molar-refractivity contribution in [3.05, 3.63) is 29.8 Å². The van der Waals surface area contributed by atoms with Crippen LogP contribution in [0.2, 0.25) is 0 Å². The molecule has 93 valence electrons. The molecule has 1 aliphatic carbocycles. The van der Waals surface area contributed by atoms with Gasteiger partial charge in [0.2, 0.25) is 0 Å². The summed E-state index contributed by atoms with van der Waals surface area (Å²) in [5.74, 6) is 0.715. The second-order valence-electron chi connectivity index (χ2n) is 3.91. The summed E-state index contributed by atoms with van der Waals surface area (Å²) in [6, 6.07) is 6.62. The largest absolute Gasteiger partial charge is 0.497 e. The third-order valence-corrected chi connectivity index (χ3v) is 2.84. The van der Waals surface area contributed by atoms with Crippen molar-refractivity contribution < 1.29 is 14.6 Å². The predicted molar refractivity (Wildman–Crippen MR) is 66.1 cm³/mol. The van der Waals surface area contributed by atoms with Crippen LogP contribution in [-0.4, -0.2) is 18.5 Å². The highest BCUT2D eigenvalue weighted by molar-refractivity contribution is 6.67. The highest BCUT2D eigenvalue weighted by Gasteiger charge is 2.11. The van der Waals surface area contributed by atoms with Crippen molar-refractivity contribution in [2.45, 2.75) is 31.8 Å². The van der Waals surface area contributed by atoms with Crippen LogP contribution in [-0.2, 0) is 5.11 Å².